The second-order valence-electron chi connectivity index (χ2n) is 7.68. The zero-order chi connectivity index (χ0) is 24.4. The van der Waals surface area contributed by atoms with Crippen molar-refractivity contribution in [2.24, 2.45) is 0 Å². The first-order valence-electron chi connectivity index (χ1n) is 10.9. The van der Waals surface area contributed by atoms with Crippen LogP contribution in [0.4, 0.5) is 4.79 Å². The van der Waals surface area contributed by atoms with Crippen molar-refractivity contribution in [2.75, 3.05) is 33.4 Å². The summed E-state index contributed by atoms with van der Waals surface area (Å²) in [7, 11) is -2.61. The Morgan fingerprint density at radius 3 is 2.47 bits per heavy atom. The first-order valence-corrected chi connectivity index (χ1v) is 12.4. The standard InChI is InChI=1S/C23H30N2O8S/c1-30-20-7-9-22(10-8-20)34(28,29)25(33-21-11-13-31-14-12-21)16-19(26)15-24-23(27)32-17-18-5-3-2-4-6-18/h2-10,19,21,26H,11-17H2,1H3,(H,24,27). The lowest BCUT2D eigenvalue weighted by Gasteiger charge is -2.30. The summed E-state index contributed by atoms with van der Waals surface area (Å²) in [6, 6.07) is 15.0. The van der Waals surface area contributed by atoms with E-state index < -0.39 is 22.2 Å². The molecule has 1 amide bonds. The number of carbonyl (C=O) groups is 1. The third-order valence-electron chi connectivity index (χ3n) is 5.11. The molecule has 0 saturated carbocycles. The summed E-state index contributed by atoms with van der Waals surface area (Å²) in [6.07, 6.45) is -1.29. The summed E-state index contributed by atoms with van der Waals surface area (Å²) in [5.41, 5.74) is 0.819. The molecule has 1 aliphatic rings. The molecule has 1 fully saturated rings. The maximum Gasteiger partial charge on any atom is 0.407 e. The van der Waals surface area contributed by atoms with Gasteiger partial charge in [-0.1, -0.05) is 34.8 Å². The fourth-order valence-corrected chi connectivity index (χ4v) is 4.54. The number of hydrogen-bond donors (Lipinski definition) is 2. The summed E-state index contributed by atoms with van der Waals surface area (Å²) < 4.78 is 42.8. The van der Waals surface area contributed by atoms with Crippen molar-refractivity contribution in [1.29, 1.82) is 0 Å². The van der Waals surface area contributed by atoms with Crippen LogP contribution in [-0.4, -0.2) is 69.7 Å². The molecule has 1 saturated heterocycles. The van der Waals surface area contributed by atoms with Crippen LogP contribution in [0.15, 0.2) is 59.5 Å². The van der Waals surface area contributed by atoms with Crippen molar-refractivity contribution in [1.82, 2.24) is 9.79 Å². The van der Waals surface area contributed by atoms with Crippen molar-refractivity contribution < 1.29 is 37.4 Å². The van der Waals surface area contributed by atoms with E-state index >= 15 is 0 Å². The fraction of sp³-hybridized carbons (Fsp3) is 0.435. The minimum absolute atomic E-state index is 0.0113. The molecule has 0 aromatic heterocycles. The number of carbonyl (C=O) groups excluding carboxylic acids is 1. The summed E-state index contributed by atoms with van der Waals surface area (Å²) in [5.74, 6) is 0.508. The Morgan fingerprint density at radius 1 is 1.15 bits per heavy atom. The van der Waals surface area contributed by atoms with Crippen molar-refractivity contribution in [3.8, 4) is 5.75 Å². The Labute approximate surface area is 199 Å². The third-order valence-corrected chi connectivity index (χ3v) is 6.75. The molecule has 10 nitrogen and oxygen atoms in total. The lowest BCUT2D eigenvalue weighted by atomic mass is 10.2. The molecule has 1 atom stereocenters. The zero-order valence-electron chi connectivity index (χ0n) is 19.0. The average molecular weight is 495 g/mol. The fourth-order valence-electron chi connectivity index (χ4n) is 3.22. The van der Waals surface area contributed by atoms with Gasteiger partial charge in [-0.2, -0.15) is 0 Å². The number of amides is 1. The van der Waals surface area contributed by atoms with Gasteiger partial charge < -0.3 is 24.6 Å². The van der Waals surface area contributed by atoms with E-state index in [1.165, 1.54) is 31.4 Å². The van der Waals surface area contributed by atoms with E-state index in [1.807, 2.05) is 30.3 Å². The highest BCUT2D eigenvalue weighted by molar-refractivity contribution is 7.89. The SMILES string of the molecule is COc1ccc(S(=O)(=O)N(CC(O)CNC(=O)OCc2ccccc2)OC2CCOCC2)cc1. The van der Waals surface area contributed by atoms with E-state index in [9.17, 15) is 18.3 Å². The maximum atomic E-state index is 13.2. The van der Waals surface area contributed by atoms with Crippen molar-refractivity contribution in [2.45, 2.75) is 36.6 Å². The minimum Gasteiger partial charge on any atom is -0.497 e. The van der Waals surface area contributed by atoms with E-state index in [-0.39, 0.29) is 30.7 Å². The topological polar surface area (TPSA) is 124 Å². The number of alkyl carbamates (subject to hydrolysis) is 1. The van der Waals surface area contributed by atoms with Gasteiger partial charge >= 0.3 is 6.09 Å². The Bertz CT molecular complexity index is 995. The van der Waals surface area contributed by atoms with Crippen LogP contribution < -0.4 is 10.1 Å². The number of hydrogen-bond acceptors (Lipinski definition) is 8. The van der Waals surface area contributed by atoms with Crippen LogP contribution in [0.25, 0.3) is 0 Å². The molecule has 1 aliphatic heterocycles. The summed E-state index contributed by atoms with van der Waals surface area (Å²) >= 11 is 0. The summed E-state index contributed by atoms with van der Waals surface area (Å²) in [5, 5.41) is 12.9. The smallest absolute Gasteiger partial charge is 0.407 e. The molecule has 2 N–H and O–H groups in total. The van der Waals surface area contributed by atoms with Gasteiger partial charge in [-0.3, -0.25) is 4.84 Å². The van der Waals surface area contributed by atoms with E-state index in [0.717, 1.165) is 10.0 Å². The van der Waals surface area contributed by atoms with Gasteiger partial charge in [-0.25, -0.2) is 13.2 Å². The molecule has 3 rings (SSSR count). The third kappa shape index (κ3) is 7.67. The zero-order valence-corrected chi connectivity index (χ0v) is 19.8. The molecule has 0 spiro atoms. The van der Waals surface area contributed by atoms with E-state index in [1.54, 1.807) is 0 Å². The molecular weight excluding hydrogens is 464 g/mol. The van der Waals surface area contributed by atoms with Crippen LogP contribution in [0.3, 0.4) is 0 Å². The monoisotopic (exact) mass is 494 g/mol. The van der Waals surface area contributed by atoms with Crippen LogP contribution in [-0.2, 0) is 30.9 Å². The second-order valence-corrected chi connectivity index (χ2v) is 9.51. The van der Waals surface area contributed by atoms with Gasteiger partial charge in [0.2, 0.25) is 0 Å². The highest BCUT2D eigenvalue weighted by Gasteiger charge is 2.31. The van der Waals surface area contributed by atoms with E-state index in [2.05, 4.69) is 5.32 Å². The number of methoxy groups -OCH3 is 1. The molecule has 0 bridgehead atoms. The van der Waals surface area contributed by atoms with Crippen molar-refractivity contribution in [3.05, 3.63) is 60.2 Å². The van der Waals surface area contributed by atoms with Gasteiger partial charge in [0, 0.05) is 19.8 Å². The van der Waals surface area contributed by atoms with Gasteiger partial charge in [-0.15, -0.1) is 0 Å². The first-order chi connectivity index (χ1) is 16.4. The molecule has 11 heteroatoms. The Balaban J connectivity index is 1.61. The van der Waals surface area contributed by atoms with Gasteiger partial charge in [0.1, 0.15) is 12.4 Å². The predicted molar refractivity (Wildman–Crippen MR) is 122 cm³/mol. The number of nitrogens with zero attached hydrogens (tertiary/aromatic N) is 1. The van der Waals surface area contributed by atoms with Gasteiger partial charge in [-0.05, 0) is 42.7 Å². The van der Waals surface area contributed by atoms with Gasteiger partial charge in [0.25, 0.3) is 10.0 Å². The summed E-state index contributed by atoms with van der Waals surface area (Å²) in [4.78, 5) is 17.7. The van der Waals surface area contributed by atoms with E-state index in [0.29, 0.717) is 31.8 Å². The van der Waals surface area contributed by atoms with Gasteiger partial charge in [0.15, 0.2) is 0 Å². The minimum atomic E-state index is -4.09. The molecular formula is C23H30N2O8S. The number of aliphatic hydroxyl groups excluding tert-OH is 1. The highest BCUT2D eigenvalue weighted by atomic mass is 32.2. The quantitative estimate of drug-likeness (QED) is 0.455. The van der Waals surface area contributed by atoms with Crippen LogP contribution >= 0.6 is 0 Å². The maximum absolute atomic E-state index is 13.2. The second kappa shape index (κ2) is 12.7. The van der Waals surface area contributed by atoms with Crippen molar-refractivity contribution >= 4 is 16.1 Å². The number of aliphatic hydroxyl groups is 1. The normalized spacial score (nSPS) is 15.6. The van der Waals surface area contributed by atoms with E-state index in [4.69, 9.17) is 19.0 Å². The molecule has 0 radical (unpaired) electrons. The van der Waals surface area contributed by atoms with Crippen LogP contribution in [0.1, 0.15) is 18.4 Å². The van der Waals surface area contributed by atoms with Crippen LogP contribution in [0.5, 0.6) is 5.75 Å². The number of rotatable bonds is 11. The molecule has 0 aliphatic carbocycles. The molecule has 1 unspecified atom stereocenters. The van der Waals surface area contributed by atoms with Crippen LogP contribution in [0, 0.1) is 0 Å². The Kier molecular flexibility index (Phi) is 9.66. The average Bonchev–Trinajstić information content (AvgIpc) is 2.87. The van der Waals surface area contributed by atoms with Crippen molar-refractivity contribution in [3.63, 3.8) is 0 Å². The predicted octanol–water partition coefficient (Wildman–Crippen LogP) is 2.08. The lowest BCUT2D eigenvalue weighted by molar-refractivity contribution is -0.168. The molecule has 2 aromatic rings. The molecule has 34 heavy (non-hydrogen) atoms. The van der Waals surface area contributed by atoms with Gasteiger partial charge in [0.05, 0.1) is 30.8 Å². The largest absolute Gasteiger partial charge is 0.497 e. The lowest BCUT2D eigenvalue weighted by Crippen LogP contribution is -2.45. The molecule has 186 valence electrons. The summed E-state index contributed by atoms with van der Waals surface area (Å²) in [6.45, 7) is 0.384. The number of nitrogens with one attached hydrogen (secondary N) is 1. The van der Waals surface area contributed by atoms with Crippen LogP contribution in [0.2, 0.25) is 0 Å². The highest BCUT2D eigenvalue weighted by Crippen LogP contribution is 2.23. The Hall–Kier alpha value is -2.70. The molecule has 2 aromatic carbocycles. The number of ether oxygens (including phenoxy) is 3. The Morgan fingerprint density at radius 2 is 1.82 bits per heavy atom. The number of sulfonamides is 1. The first kappa shape index (κ1) is 25.9. The number of benzene rings is 2. The molecule has 1 heterocycles. The number of hydroxylamine groups is 1.